The molecular weight excluding hydrogens is 499 g/mol. The molecule has 0 saturated carbocycles. The van der Waals surface area contributed by atoms with Crippen molar-refractivity contribution < 1.29 is 19.1 Å². The van der Waals surface area contributed by atoms with Crippen LogP contribution in [0.3, 0.4) is 0 Å². The Hall–Kier alpha value is -3.22. The fourth-order valence-corrected chi connectivity index (χ4v) is 5.20. The minimum atomic E-state index is -0.670. The average molecular weight is 527 g/mol. The summed E-state index contributed by atoms with van der Waals surface area (Å²) in [5.41, 5.74) is 4.70. The van der Waals surface area contributed by atoms with Gasteiger partial charge in [-0.1, -0.05) is 47.5 Å². The van der Waals surface area contributed by atoms with Crippen molar-refractivity contribution in [3.63, 3.8) is 0 Å². The monoisotopic (exact) mass is 526 g/mol. The molecule has 0 bridgehead atoms. The van der Waals surface area contributed by atoms with Gasteiger partial charge in [-0.3, -0.25) is 0 Å². The standard InChI is InChI=1S/C28H28Cl2N2O4/c1-5-35-27(33)24-16(3)31-17(4)25(28(34)36-6-2)26(24)21-15-32(23-10-8-7-9-20(21)23)14-18-11-12-19(29)13-22(18)30/h7-13,15,26,31H,5-6,14H2,1-4H3. The van der Waals surface area contributed by atoms with Crippen molar-refractivity contribution in [2.24, 2.45) is 0 Å². The van der Waals surface area contributed by atoms with Gasteiger partial charge in [-0.25, -0.2) is 9.59 Å². The van der Waals surface area contributed by atoms with Crippen molar-refractivity contribution in [1.82, 2.24) is 9.88 Å². The fraction of sp³-hybridized carbons (Fsp3) is 0.286. The molecule has 0 aliphatic carbocycles. The number of halogens is 2. The van der Waals surface area contributed by atoms with E-state index in [1.165, 1.54) is 0 Å². The van der Waals surface area contributed by atoms with Gasteiger partial charge in [0.1, 0.15) is 0 Å². The van der Waals surface area contributed by atoms with Crippen LogP contribution in [0.25, 0.3) is 10.9 Å². The van der Waals surface area contributed by atoms with E-state index in [1.54, 1.807) is 26.0 Å². The summed E-state index contributed by atoms with van der Waals surface area (Å²) in [7, 11) is 0. The van der Waals surface area contributed by atoms with E-state index in [0.717, 1.165) is 22.0 Å². The van der Waals surface area contributed by atoms with Crippen LogP contribution >= 0.6 is 23.2 Å². The van der Waals surface area contributed by atoms with Gasteiger partial charge in [0, 0.05) is 45.1 Å². The summed E-state index contributed by atoms with van der Waals surface area (Å²) in [4.78, 5) is 26.4. The molecule has 0 fully saturated rings. The zero-order valence-corrected chi connectivity index (χ0v) is 22.2. The largest absolute Gasteiger partial charge is 0.463 e. The molecule has 1 aliphatic heterocycles. The molecule has 0 saturated heterocycles. The van der Waals surface area contributed by atoms with Crippen LogP contribution in [0.2, 0.25) is 10.0 Å². The summed E-state index contributed by atoms with van der Waals surface area (Å²) in [5.74, 6) is -1.62. The second kappa shape index (κ2) is 10.8. The molecular formula is C28H28Cl2N2O4. The Labute approximate surface area is 220 Å². The number of para-hydroxylation sites is 1. The first kappa shape index (κ1) is 25.9. The van der Waals surface area contributed by atoms with Crippen molar-refractivity contribution in [2.75, 3.05) is 13.2 Å². The number of rotatable bonds is 7. The van der Waals surface area contributed by atoms with Crippen molar-refractivity contribution in [1.29, 1.82) is 0 Å². The number of fused-ring (bicyclic) bond motifs is 1. The number of hydrogen-bond acceptors (Lipinski definition) is 5. The summed E-state index contributed by atoms with van der Waals surface area (Å²) in [6, 6.07) is 13.3. The lowest BCUT2D eigenvalue weighted by atomic mass is 9.80. The number of nitrogens with zero attached hydrogens (tertiary/aromatic N) is 1. The number of carbonyl (C=O) groups excluding carboxylic acids is 2. The highest BCUT2D eigenvalue weighted by atomic mass is 35.5. The number of hydrogen-bond donors (Lipinski definition) is 1. The zero-order chi connectivity index (χ0) is 26.0. The van der Waals surface area contributed by atoms with Gasteiger partial charge in [0.15, 0.2) is 0 Å². The third-order valence-corrected chi connectivity index (χ3v) is 6.82. The van der Waals surface area contributed by atoms with E-state index in [1.807, 2.05) is 50.4 Å². The molecule has 4 rings (SSSR count). The minimum Gasteiger partial charge on any atom is -0.463 e. The molecule has 188 valence electrons. The average Bonchev–Trinajstić information content (AvgIpc) is 3.18. The summed E-state index contributed by atoms with van der Waals surface area (Å²) in [6.07, 6.45) is 1.98. The molecule has 2 heterocycles. The quantitative estimate of drug-likeness (QED) is 0.363. The van der Waals surface area contributed by atoms with E-state index in [0.29, 0.717) is 39.1 Å². The van der Waals surface area contributed by atoms with Crippen LogP contribution in [-0.4, -0.2) is 29.7 Å². The molecule has 3 aromatic rings. The number of carbonyl (C=O) groups is 2. The van der Waals surface area contributed by atoms with Gasteiger partial charge in [0.2, 0.25) is 0 Å². The highest BCUT2D eigenvalue weighted by molar-refractivity contribution is 6.35. The van der Waals surface area contributed by atoms with Crippen molar-refractivity contribution >= 4 is 46.0 Å². The smallest absolute Gasteiger partial charge is 0.336 e. The second-order valence-electron chi connectivity index (χ2n) is 8.54. The molecule has 0 radical (unpaired) electrons. The van der Waals surface area contributed by atoms with Crippen LogP contribution in [0.4, 0.5) is 0 Å². The first-order valence-electron chi connectivity index (χ1n) is 11.8. The highest BCUT2D eigenvalue weighted by Crippen LogP contribution is 2.43. The zero-order valence-electron chi connectivity index (χ0n) is 20.7. The molecule has 0 atom stereocenters. The fourth-order valence-electron chi connectivity index (χ4n) is 4.73. The van der Waals surface area contributed by atoms with Crippen LogP contribution in [0, 0.1) is 0 Å². The van der Waals surface area contributed by atoms with Gasteiger partial charge < -0.3 is 19.4 Å². The Kier molecular flexibility index (Phi) is 7.76. The van der Waals surface area contributed by atoms with E-state index in [9.17, 15) is 9.59 Å². The van der Waals surface area contributed by atoms with E-state index < -0.39 is 17.9 Å². The van der Waals surface area contributed by atoms with Crippen LogP contribution in [0.1, 0.15) is 44.7 Å². The topological polar surface area (TPSA) is 69.6 Å². The maximum absolute atomic E-state index is 13.2. The number of benzene rings is 2. The maximum Gasteiger partial charge on any atom is 0.336 e. The molecule has 8 heteroatoms. The van der Waals surface area contributed by atoms with Gasteiger partial charge >= 0.3 is 11.9 Å². The van der Waals surface area contributed by atoms with E-state index in [4.69, 9.17) is 32.7 Å². The SMILES string of the molecule is CCOC(=O)C1=C(C)NC(C)=C(C(=O)OCC)C1c1cn(Cc2ccc(Cl)cc2Cl)c2ccccc12. The van der Waals surface area contributed by atoms with Gasteiger partial charge in [-0.2, -0.15) is 0 Å². The number of aromatic nitrogens is 1. The predicted molar refractivity (Wildman–Crippen MR) is 142 cm³/mol. The van der Waals surface area contributed by atoms with Crippen molar-refractivity contribution in [3.05, 3.63) is 92.4 Å². The van der Waals surface area contributed by atoms with Crippen molar-refractivity contribution in [2.45, 2.75) is 40.2 Å². The summed E-state index contributed by atoms with van der Waals surface area (Å²) in [5, 5.41) is 5.23. The summed E-state index contributed by atoms with van der Waals surface area (Å²) in [6.45, 7) is 8.07. The van der Waals surface area contributed by atoms with Crippen LogP contribution < -0.4 is 5.32 Å². The van der Waals surface area contributed by atoms with Crippen molar-refractivity contribution in [3.8, 4) is 0 Å². The first-order chi connectivity index (χ1) is 17.3. The molecule has 1 aromatic heterocycles. The van der Waals surface area contributed by atoms with Gasteiger partial charge in [0.25, 0.3) is 0 Å². The molecule has 1 N–H and O–H groups in total. The maximum atomic E-state index is 13.2. The van der Waals surface area contributed by atoms with E-state index in [-0.39, 0.29) is 13.2 Å². The number of allylic oxidation sites excluding steroid dienone is 2. The Morgan fingerprint density at radius 3 is 2.14 bits per heavy atom. The van der Waals surface area contributed by atoms with Crippen LogP contribution in [0.15, 0.2) is 71.2 Å². The van der Waals surface area contributed by atoms with Gasteiger partial charge in [-0.15, -0.1) is 0 Å². The van der Waals surface area contributed by atoms with Gasteiger partial charge in [0.05, 0.1) is 30.3 Å². The van der Waals surface area contributed by atoms with E-state index >= 15 is 0 Å². The number of nitrogens with one attached hydrogen (secondary N) is 1. The molecule has 0 unspecified atom stereocenters. The molecule has 0 amide bonds. The van der Waals surface area contributed by atoms with Crippen LogP contribution in [-0.2, 0) is 25.6 Å². The number of dihydropyridines is 1. The van der Waals surface area contributed by atoms with E-state index in [2.05, 4.69) is 9.88 Å². The summed E-state index contributed by atoms with van der Waals surface area (Å²) < 4.78 is 12.9. The van der Waals surface area contributed by atoms with Crippen LogP contribution in [0.5, 0.6) is 0 Å². The second-order valence-corrected chi connectivity index (χ2v) is 9.39. The Morgan fingerprint density at radius 2 is 1.56 bits per heavy atom. The molecule has 36 heavy (non-hydrogen) atoms. The molecule has 6 nitrogen and oxygen atoms in total. The summed E-state index contributed by atoms with van der Waals surface area (Å²) >= 11 is 12.6. The molecule has 1 aliphatic rings. The minimum absolute atomic E-state index is 0.219. The number of ether oxygens (including phenoxy) is 2. The first-order valence-corrected chi connectivity index (χ1v) is 12.6. The molecule has 2 aromatic carbocycles. The highest BCUT2D eigenvalue weighted by Gasteiger charge is 2.39. The van der Waals surface area contributed by atoms with Gasteiger partial charge in [-0.05, 0) is 57.0 Å². The lowest BCUT2D eigenvalue weighted by Crippen LogP contribution is -2.32. The third-order valence-electron chi connectivity index (χ3n) is 6.24. The number of esters is 2. The molecule has 0 spiro atoms. The Morgan fingerprint density at radius 1 is 0.944 bits per heavy atom. The predicted octanol–water partition coefficient (Wildman–Crippen LogP) is 6.36. The Bertz CT molecular complexity index is 1360. The third kappa shape index (κ3) is 4.88. The normalized spacial score (nSPS) is 14.3. The Balaban J connectivity index is 1.93. The lowest BCUT2D eigenvalue weighted by Gasteiger charge is -2.30. The lowest BCUT2D eigenvalue weighted by molar-refractivity contribution is -0.139.